The Bertz CT molecular complexity index is 636. The van der Waals surface area contributed by atoms with Crippen molar-refractivity contribution in [1.82, 2.24) is 14.8 Å². The fourth-order valence-electron chi connectivity index (χ4n) is 3.76. The van der Waals surface area contributed by atoms with Gasteiger partial charge in [0.1, 0.15) is 5.41 Å². The Morgan fingerprint density at radius 2 is 2.25 bits per heavy atom. The summed E-state index contributed by atoms with van der Waals surface area (Å²) >= 11 is 2.98. The van der Waals surface area contributed by atoms with E-state index in [4.69, 9.17) is 0 Å². The van der Waals surface area contributed by atoms with E-state index in [2.05, 4.69) is 16.8 Å². The van der Waals surface area contributed by atoms with E-state index < -0.39 is 11.4 Å². The normalized spacial score (nSPS) is 26.8. The van der Waals surface area contributed by atoms with Gasteiger partial charge in [-0.3, -0.25) is 9.59 Å². The predicted molar refractivity (Wildman–Crippen MR) is 94.4 cm³/mol. The predicted octanol–water partition coefficient (Wildman–Crippen LogP) is 1.80. The molecule has 24 heavy (non-hydrogen) atoms. The molecule has 1 N–H and O–H groups in total. The smallest absolute Gasteiger partial charge is 0.313 e. The molecule has 0 aliphatic carbocycles. The SMILES string of the molecule is CCCN1C[C@H]2CN(C(=O)CSc3nc(C)cs3)C[C@@]2(C(=O)O)C1. The standard InChI is InChI=1S/C16H23N3O3S2/c1-3-4-18-5-12-6-19(10-16(12,9-18)14(21)22)13(20)8-24-15-17-11(2)7-23-15/h7,12H,3-6,8-10H2,1-2H3,(H,21,22)/t12-,16-/m0/s1. The molecule has 1 aromatic rings. The quantitative estimate of drug-likeness (QED) is 0.771. The highest BCUT2D eigenvalue weighted by molar-refractivity contribution is 8.01. The largest absolute Gasteiger partial charge is 0.481 e. The minimum absolute atomic E-state index is 0.0184. The first kappa shape index (κ1) is 17.7. The summed E-state index contributed by atoms with van der Waals surface area (Å²) in [6.07, 6.45) is 1.02. The molecule has 0 saturated carbocycles. The highest BCUT2D eigenvalue weighted by Crippen LogP contribution is 2.43. The van der Waals surface area contributed by atoms with Crippen molar-refractivity contribution >= 4 is 35.0 Å². The first-order chi connectivity index (χ1) is 11.4. The topological polar surface area (TPSA) is 73.7 Å². The number of amides is 1. The number of nitrogens with zero attached hydrogens (tertiary/aromatic N) is 3. The number of carbonyl (C=O) groups is 2. The van der Waals surface area contributed by atoms with Gasteiger partial charge in [-0.25, -0.2) is 4.98 Å². The Balaban J connectivity index is 1.61. The van der Waals surface area contributed by atoms with E-state index in [0.29, 0.717) is 25.4 Å². The van der Waals surface area contributed by atoms with Crippen LogP contribution in [-0.4, -0.2) is 70.2 Å². The van der Waals surface area contributed by atoms with E-state index in [1.54, 1.807) is 16.2 Å². The summed E-state index contributed by atoms with van der Waals surface area (Å²) < 4.78 is 0.891. The van der Waals surface area contributed by atoms with Crippen molar-refractivity contribution in [1.29, 1.82) is 0 Å². The molecule has 0 spiro atoms. The molecule has 2 aliphatic rings. The second-order valence-corrected chi connectivity index (χ2v) is 8.79. The highest BCUT2D eigenvalue weighted by atomic mass is 32.2. The van der Waals surface area contributed by atoms with Gasteiger partial charge in [0.2, 0.25) is 5.91 Å². The van der Waals surface area contributed by atoms with E-state index >= 15 is 0 Å². The molecule has 8 heteroatoms. The van der Waals surface area contributed by atoms with Crippen LogP contribution in [0.5, 0.6) is 0 Å². The summed E-state index contributed by atoms with van der Waals surface area (Å²) in [6, 6.07) is 0. The van der Waals surface area contributed by atoms with Gasteiger partial charge in [-0.1, -0.05) is 18.7 Å². The van der Waals surface area contributed by atoms with Gasteiger partial charge in [-0.05, 0) is 19.9 Å². The Kier molecular flexibility index (Phi) is 5.17. The van der Waals surface area contributed by atoms with Crippen molar-refractivity contribution in [3.63, 3.8) is 0 Å². The van der Waals surface area contributed by atoms with Crippen LogP contribution in [-0.2, 0) is 9.59 Å². The van der Waals surface area contributed by atoms with Crippen molar-refractivity contribution in [2.24, 2.45) is 11.3 Å². The summed E-state index contributed by atoms with van der Waals surface area (Å²) in [7, 11) is 0. The van der Waals surface area contributed by atoms with Gasteiger partial charge in [0.05, 0.1) is 5.75 Å². The maximum atomic E-state index is 12.5. The van der Waals surface area contributed by atoms with Crippen molar-refractivity contribution in [2.45, 2.75) is 24.6 Å². The molecule has 0 unspecified atom stereocenters. The minimum Gasteiger partial charge on any atom is -0.481 e. The molecule has 0 radical (unpaired) electrons. The summed E-state index contributed by atoms with van der Waals surface area (Å²) in [5, 5.41) is 11.8. The van der Waals surface area contributed by atoms with Gasteiger partial charge in [0.25, 0.3) is 0 Å². The number of hydrogen-bond donors (Lipinski definition) is 1. The third-order valence-corrected chi connectivity index (χ3v) is 7.04. The average molecular weight is 370 g/mol. The van der Waals surface area contributed by atoms with Crippen LogP contribution in [0.4, 0.5) is 0 Å². The molecule has 0 bridgehead atoms. The molecule has 3 rings (SSSR count). The fourth-order valence-corrected chi connectivity index (χ4v) is 5.51. The number of aromatic nitrogens is 1. The minimum atomic E-state index is -0.784. The van der Waals surface area contributed by atoms with Crippen molar-refractivity contribution in [3.05, 3.63) is 11.1 Å². The molecular weight excluding hydrogens is 346 g/mol. The number of hydrogen-bond acceptors (Lipinski definition) is 6. The van der Waals surface area contributed by atoms with Crippen molar-refractivity contribution in [3.8, 4) is 0 Å². The first-order valence-electron chi connectivity index (χ1n) is 8.23. The Morgan fingerprint density at radius 1 is 1.46 bits per heavy atom. The van der Waals surface area contributed by atoms with Gasteiger partial charge in [0.15, 0.2) is 4.34 Å². The van der Waals surface area contributed by atoms with E-state index in [-0.39, 0.29) is 11.8 Å². The Labute approximate surface area is 150 Å². The monoisotopic (exact) mass is 369 g/mol. The van der Waals surface area contributed by atoms with Gasteiger partial charge in [-0.2, -0.15) is 0 Å². The van der Waals surface area contributed by atoms with Gasteiger partial charge < -0.3 is 14.9 Å². The number of thiazole rings is 1. The molecule has 2 saturated heterocycles. The Morgan fingerprint density at radius 3 is 2.83 bits per heavy atom. The second kappa shape index (κ2) is 7.01. The summed E-state index contributed by atoms with van der Waals surface area (Å²) in [5.41, 5.74) is 0.180. The molecule has 1 amide bonds. The zero-order chi connectivity index (χ0) is 17.3. The van der Waals surface area contributed by atoms with Crippen molar-refractivity contribution < 1.29 is 14.7 Å². The molecule has 6 nitrogen and oxygen atoms in total. The van der Waals surface area contributed by atoms with E-state index in [1.165, 1.54) is 11.8 Å². The van der Waals surface area contributed by atoms with Gasteiger partial charge in [-0.15, -0.1) is 11.3 Å². The van der Waals surface area contributed by atoms with Crippen LogP contribution < -0.4 is 0 Å². The third kappa shape index (κ3) is 3.32. The second-order valence-electron chi connectivity index (χ2n) is 6.71. The summed E-state index contributed by atoms with van der Waals surface area (Å²) in [5.74, 6) is -0.374. The summed E-state index contributed by atoms with van der Waals surface area (Å²) in [6.45, 7) is 7.20. The zero-order valence-corrected chi connectivity index (χ0v) is 15.7. The van der Waals surface area contributed by atoms with Gasteiger partial charge in [0, 0.05) is 43.2 Å². The van der Waals surface area contributed by atoms with Gasteiger partial charge >= 0.3 is 5.97 Å². The lowest BCUT2D eigenvalue weighted by atomic mass is 9.81. The lowest BCUT2D eigenvalue weighted by Gasteiger charge is -2.25. The van der Waals surface area contributed by atoms with Crippen LogP contribution >= 0.6 is 23.1 Å². The zero-order valence-electron chi connectivity index (χ0n) is 14.0. The number of aryl methyl sites for hydroxylation is 1. The number of carbonyl (C=O) groups excluding carboxylic acids is 1. The number of carboxylic acid groups (broad SMARTS) is 1. The molecule has 132 valence electrons. The molecular formula is C16H23N3O3S2. The van der Waals surface area contributed by atoms with E-state index in [0.717, 1.165) is 29.5 Å². The molecule has 1 aromatic heterocycles. The van der Waals surface area contributed by atoms with Crippen LogP contribution in [0.2, 0.25) is 0 Å². The lowest BCUT2D eigenvalue weighted by molar-refractivity contribution is -0.149. The molecule has 2 atom stereocenters. The van der Waals surface area contributed by atoms with E-state index in [9.17, 15) is 14.7 Å². The first-order valence-corrected chi connectivity index (χ1v) is 10.1. The fraction of sp³-hybridized carbons (Fsp3) is 0.688. The average Bonchev–Trinajstić information content (AvgIpc) is 3.17. The van der Waals surface area contributed by atoms with E-state index in [1.807, 2.05) is 12.3 Å². The lowest BCUT2D eigenvalue weighted by Crippen LogP contribution is -2.42. The number of aliphatic carboxylic acids is 1. The Hall–Kier alpha value is -1.12. The summed E-state index contributed by atoms with van der Waals surface area (Å²) in [4.78, 5) is 32.8. The maximum absolute atomic E-state index is 12.5. The molecule has 2 aliphatic heterocycles. The van der Waals surface area contributed by atoms with Crippen LogP contribution in [0.1, 0.15) is 19.0 Å². The van der Waals surface area contributed by atoms with Crippen LogP contribution in [0.25, 0.3) is 0 Å². The van der Waals surface area contributed by atoms with Crippen LogP contribution in [0, 0.1) is 18.3 Å². The molecule has 3 heterocycles. The van der Waals surface area contributed by atoms with Crippen molar-refractivity contribution in [2.75, 3.05) is 38.5 Å². The van der Waals surface area contributed by atoms with Crippen LogP contribution in [0.15, 0.2) is 9.72 Å². The number of carboxylic acids is 1. The number of fused-ring (bicyclic) bond motifs is 1. The number of likely N-dealkylation sites (tertiary alicyclic amines) is 2. The molecule has 2 fully saturated rings. The third-order valence-electron chi connectivity index (χ3n) is 4.92. The molecule has 0 aromatic carbocycles. The van der Waals surface area contributed by atoms with Crippen LogP contribution in [0.3, 0.4) is 0 Å². The number of thioether (sulfide) groups is 1. The maximum Gasteiger partial charge on any atom is 0.313 e. The number of rotatable bonds is 6. The highest BCUT2D eigenvalue weighted by Gasteiger charge is 2.58.